The summed E-state index contributed by atoms with van der Waals surface area (Å²) < 4.78 is 30.9. The summed E-state index contributed by atoms with van der Waals surface area (Å²) in [6, 6.07) is 6.00. The van der Waals surface area contributed by atoms with Gasteiger partial charge in [-0.25, -0.2) is 8.78 Å². The van der Waals surface area contributed by atoms with Crippen molar-refractivity contribution in [1.29, 1.82) is 0 Å². The van der Waals surface area contributed by atoms with Crippen molar-refractivity contribution >= 4 is 5.78 Å². The first kappa shape index (κ1) is 13.1. The number of hydrogen-bond acceptors (Lipinski definition) is 4. The summed E-state index contributed by atoms with van der Waals surface area (Å²) >= 11 is 0. The lowest BCUT2D eigenvalue weighted by Crippen LogP contribution is -2.08. The molecular formula is C13H10F2N2O2. The highest BCUT2D eigenvalue weighted by Gasteiger charge is 2.13. The van der Waals surface area contributed by atoms with Crippen molar-refractivity contribution in [3.05, 3.63) is 53.2 Å². The number of benzene rings is 1. The smallest absolute Gasteiger partial charge is 0.233 e. The molecule has 0 saturated heterocycles. The first-order valence-electron chi connectivity index (χ1n) is 5.45. The van der Waals surface area contributed by atoms with Gasteiger partial charge in [0, 0.05) is 18.6 Å². The Balaban J connectivity index is 2.15. The lowest BCUT2D eigenvalue weighted by atomic mass is 10.1. The molecule has 4 nitrogen and oxygen atoms in total. The van der Waals surface area contributed by atoms with Gasteiger partial charge in [0.15, 0.2) is 5.78 Å². The van der Waals surface area contributed by atoms with Gasteiger partial charge in [-0.3, -0.25) is 4.79 Å². The minimum atomic E-state index is -0.755. The van der Waals surface area contributed by atoms with E-state index in [-0.39, 0.29) is 23.6 Å². The number of ether oxygens (including phenoxy) is 1. The number of aromatic nitrogens is 2. The van der Waals surface area contributed by atoms with Crippen LogP contribution in [0.2, 0.25) is 0 Å². The van der Waals surface area contributed by atoms with Crippen LogP contribution in [0, 0.1) is 11.6 Å². The molecule has 6 heteroatoms. The van der Waals surface area contributed by atoms with Gasteiger partial charge in [0.25, 0.3) is 0 Å². The average molecular weight is 264 g/mol. The Morgan fingerprint density at radius 1 is 1.21 bits per heavy atom. The second-order valence-electron chi connectivity index (χ2n) is 3.80. The van der Waals surface area contributed by atoms with E-state index < -0.39 is 17.4 Å². The van der Waals surface area contributed by atoms with E-state index in [0.29, 0.717) is 0 Å². The maximum absolute atomic E-state index is 13.4. The van der Waals surface area contributed by atoms with Crippen LogP contribution in [0.25, 0.3) is 0 Å². The Hall–Kier alpha value is -2.37. The van der Waals surface area contributed by atoms with Gasteiger partial charge in [0.05, 0.1) is 7.11 Å². The first-order chi connectivity index (χ1) is 9.10. The van der Waals surface area contributed by atoms with Crippen LogP contribution in [0.1, 0.15) is 16.1 Å². The molecule has 0 aliphatic rings. The number of nitrogens with zero attached hydrogens (tertiary/aromatic N) is 2. The number of carbonyl (C=O) groups is 1. The Kier molecular flexibility index (Phi) is 3.79. The highest BCUT2D eigenvalue weighted by molar-refractivity contribution is 5.95. The van der Waals surface area contributed by atoms with E-state index in [4.69, 9.17) is 4.74 Å². The normalized spacial score (nSPS) is 10.3. The summed E-state index contributed by atoms with van der Waals surface area (Å²) in [7, 11) is 1.43. The lowest BCUT2D eigenvalue weighted by molar-refractivity contribution is 0.0986. The summed E-state index contributed by atoms with van der Waals surface area (Å²) in [6.07, 6.45) is -0.201. The van der Waals surface area contributed by atoms with Crippen LogP contribution in [0.4, 0.5) is 8.78 Å². The molecular weight excluding hydrogens is 254 g/mol. The number of hydrogen-bond donors (Lipinski definition) is 0. The largest absolute Gasteiger partial charge is 0.480 e. The van der Waals surface area contributed by atoms with Crippen molar-refractivity contribution in [3.8, 4) is 5.88 Å². The van der Waals surface area contributed by atoms with E-state index in [9.17, 15) is 13.6 Å². The van der Waals surface area contributed by atoms with Gasteiger partial charge in [-0.05, 0) is 17.7 Å². The molecule has 0 unspecified atom stereocenters. The summed E-state index contributed by atoms with van der Waals surface area (Å²) in [5.41, 5.74) is 0.216. The second kappa shape index (κ2) is 5.51. The van der Waals surface area contributed by atoms with Crippen molar-refractivity contribution < 1.29 is 18.3 Å². The maximum Gasteiger partial charge on any atom is 0.233 e. The van der Waals surface area contributed by atoms with E-state index >= 15 is 0 Å². The molecule has 0 fully saturated rings. The number of ketones is 1. The quantitative estimate of drug-likeness (QED) is 0.794. The second-order valence-corrected chi connectivity index (χ2v) is 3.80. The highest BCUT2D eigenvalue weighted by Crippen LogP contribution is 2.13. The number of carbonyl (C=O) groups excluding carboxylic acids is 1. The van der Waals surface area contributed by atoms with Crippen LogP contribution in [0.3, 0.4) is 0 Å². The fourth-order valence-corrected chi connectivity index (χ4v) is 1.51. The average Bonchev–Trinajstić information content (AvgIpc) is 2.42. The molecule has 0 saturated carbocycles. The number of rotatable bonds is 4. The Morgan fingerprint density at radius 2 is 2.00 bits per heavy atom. The Morgan fingerprint density at radius 3 is 2.58 bits per heavy atom. The predicted octanol–water partition coefficient (Wildman–Crippen LogP) is 2.19. The molecule has 0 bridgehead atoms. The third-order valence-electron chi connectivity index (χ3n) is 2.50. The molecule has 98 valence electrons. The molecule has 0 N–H and O–H groups in total. The molecule has 2 rings (SSSR count). The molecule has 0 aliphatic heterocycles. The van der Waals surface area contributed by atoms with Gasteiger partial charge in [-0.15, -0.1) is 10.2 Å². The monoisotopic (exact) mass is 264 g/mol. The van der Waals surface area contributed by atoms with Crippen LogP contribution in [-0.4, -0.2) is 23.1 Å². The van der Waals surface area contributed by atoms with Gasteiger partial charge in [0.2, 0.25) is 5.88 Å². The SMILES string of the molecule is COc1ccc(C(=O)Cc2ccc(F)cc2F)nn1. The third-order valence-corrected chi connectivity index (χ3v) is 2.50. The van der Waals surface area contributed by atoms with Gasteiger partial charge in [0.1, 0.15) is 17.3 Å². The van der Waals surface area contributed by atoms with Crippen LogP contribution < -0.4 is 4.74 Å². The van der Waals surface area contributed by atoms with E-state index in [1.54, 1.807) is 0 Å². The first-order valence-corrected chi connectivity index (χ1v) is 5.45. The molecule has 0 amide bonds. The fraction of sp³-hybridized carbons (Fsp3) is 0.154. The van der Waals surface area contributed by atoms with Gasteiger partial charge in [-0.2, -0.15) is 0 Å². The minimum absolute atomic E-state index is 0.101. The molecule has 0 aliphatic carbocycles. The molecule has 19 heavy (non-hydrogen) atoms. The number of Topliss-reactive ketones (excluding diaryl/α,β-unsaturated/α-hetero) is 1. The Bertz CT molecular complexity index is 600. The summed E-state index contributed by atoms with van der Waals surface area (Å²) in [6.45, 7) is 0. The lowest BCUT2D eigenvalue weighted by Gasteiger charge is -2.03. The van der Waals surface area contributed by atoms with E-state index in [0.717, 1.165) is 12.1 Å². The summed E-state index contributed by atoms with van der Waals surface area (Å²) in [4.78, 5) is 11.8. The van der Waals surface area contributed by atoms with Crippen LogP contribution >= 0.6 is 0 Å². The molecule has 1 aromatic heterocycles. The van der Waals surface area contributed by atoms with Gasteiger partial charge in [-0.1, -0.05) is 6.07 Å². The molecule has 0 spiro atoms. The Labute approximate surface area is 108 Å². The van der Waals surface area contributed by atoms with Crippen molar-refractivity contribution in [2.45, 2.75) is 6.42 Å². The van der Waals surface area contributed by atoms with Gasteiger partial charge < -0.3 is 4.74 Å². The zero-order valence-corrected chi connectivity index (χ0v) is 10.1. The number of methoxy groups -OCH3 is 1. The van der Waals surface area contributed by atoms with E-state index in [1.165, 1.54) is 25.3 Å². The molecule has 0 radical (unpaired) electrons. The maximum atomic E-state index is 13.4. The molecule has 2 aromatic rings. The van der Waals surface area contributed by atoms with E-state index in [1.807, 2.05) is 0 Å². The van der Waals surface area contributed by atoms with Crippen LogP contribution in [0.5, 0.6) is 5.88 Å². The van der Waals surface area contributed by atoms with Gasteiger partial charge >= 0.3 is 0 Å². The highest BCUT2D eigenvalue weighted by atomic mass is 19.1. The van der Waals surface area contributed by atoms with Crippen molar-refractivity contribution in [2.24, 2.45) is 0 Å². The standard InChI is InChI=1S/C13H10F2N2O2/c1-19-13-5-4-11(16-17-13)12(18)6-8-2-3-9(14)7-10(8)15/h2-5,7H,6H2,1H3. The molecule has 1 aromatic carbocycles. The summed E-state index contributed by atoms with van der Waals surface area (Å²) in [5, 5.41) is 7.32. The van der Waals surface area contributed by atoms with Crippen molar-refractivity contribution in [1.82, 2.24) is 10.2 Å². The topological polar surface area (TPSA) is 52.1 Å². The number of halogens is 2. The zero-order chi connectivity index (χ0) is 13.8. The van der Waals surface area contributed by atoms with Crippen LogP contribution in [-0.2, 0) is 6.42 Å². The predicted molar refractivity (Wildman–Crippen MR) is 63.0 cm³/mol. The molecule has 1 heterocycles. The fourth-order valence-electron chi connectivity index (χ4n) is 1.51. The molecule has 0 atom stereocenters. The zero-order valence-electron chi connectivity index (χ0n) is 10.1. The summed E-state index contributed by atoms with van der Waals surface area (Å²) in [5.74, 6) is -1.56. The van der Waals surface area contributed by atoms with Crippen molar-refractivity contribution in [2.75, 3.05) is 7.11 Å². The third kappa shape index (κ3) is 3.09. The minimum Gasteiger partial charge on any atom is -0.480 e. The van der Waals surface area contributed by atoms with Crippen LogP contribution in [0.15, 0.2) is 30.3 Å². The van der Waals surface area contributed by atoms with Crippen molar-refractivity contribution in [3.63, 3.8) is 0 Å². The van der Waals surface area contributed by atoms with E-state index in [2.05, 4.69) is 10.2 Å².